The van der Waals surface area contributed by atoms with Gasteiger partial charge in [-0.15, -0.1) is 11.6 Å². The lowest BCUT2D eigenvalue weighted by Crippen LogP contribution is -2.04. The number of imidazole rings is 1. The number of halogens is 1. The third-order valence-corrected chi connectivity index (χ3v) is 3.79. The van der Waals surface area contributed by atoms with E-state index < -0.39 is 0 Å². The molecule has 1 unspecified atom stereocenters. The van der Waals surface area contributed by atoms with Gasteiger partial charge in [0.25, 0.3) is 0 Å². The molecule has 0 bridgehead atoms. The molecule has 1 heterocycles. The summed E-state index contributed by atoms with van der Waals surface area (Å²) in [4.78, 5) is 4.73. The molecule has 1 aromatic heterocycles. The molecule has 2 aromatic rings. The van der Waals surface area contributed by atoms with Crippen molar-refractivity contribution < 1.29 is 0 Å². The van der Waals surface area contributed by atoms with Crippen molar-refractivity contribution in [3.8, 4) is 0 Å². The zero-order chi connectivity index (χ0) is 13.8. The highest BCUT2D eigenvalue weighted by Gasteiger charge is 2.14. The molecule has 0 aliphatic carbocycles. The molecule has 0 spiro atoms. The van der Waals surface area contributed by atoms with Crippen LogP contribution in [0.1, 0.15) is 56.8 Å². The summed E-state index contributed by atoms with van der Waals surface area (Å²) in [6, 6.07) is 6.58. The summed E-state index contributed by atoms with van der Waals surface area (Å²) >= 11 is 6.28. The Balaban J connectivity index is 2.42. The largest absolute Gasteiger partial charge is 0.327 e. The standard InChI is InChI=1S/C16H23ClN2/c1-4-6-7-10-19-15-9-8-13(5-2)11-14(15)18-16(19)12(3)17/h8-9,11-12H,4-7,10H2,1-3H3. The van der Waals surface area contributed by atoms with Crippen molar-refractivity contribution in [2.45, 2.75) is 58.4 Å². The predicted octanol–water partition coefficient (Wildman–Crippen LogP) is 5.09. The molecule has 0 aliphatic rings. The number of alkyl halides is 1. The van der Waals surface area contributed by atoms with Crippen LogP contribution < -0.4 is 0 Å². The molecule has 3 heteroatoms. The van der Waals surface area contributed by atoms with Crippen LogP contribution in [0.15, 0.2) is 18.2 Å². The predicted molar refractivity (Wildman–Crippen MR) is 82.9 cm³/mol. The number of benzene rings is 1. The molecule has 2 nitrogen and oxygen atoms in total. The van der Waals surface area contributed by atoms with Gasteiger partial charge in [0.2, 0.25) is 0 Å². The summed E-state index contributed by atoms with van der Waals surface area (Å²) in [5, 5.41) is -0.0425. The Morgan fingerprint density at radius 3 is 2.68 bits per heavy atom. The van der Waals surface area contributed by atoms with E-state index in [1.54, 1.807) is 0 Å². The van der Waals surface area contributed by atoms with Crippen LogP contribution in [0, 0.1) is 0 Å². The summed E-state index contributed by atoms with van der Waals surface area (Å²) in [5.74, 6) is 1.00. The normalized spacial score (nSPS) is 13.1. The lowest BCUT2D eigenvalue weighted by atomic mass is 10.1. The van der Waals surface area contributed by atoms with Crippen LogP contribution in [0.2, 0.25) is 0 Å². The quantitative estimate of drug-likeness (QED) is 0.532. The number of unbranched alkanes of at least 4 members (excludes halogenated alkanes) is 2. The molecule has 0 saturated heterocycles. The van der Waals surface area contributed by atoms with E-state index in [0.717, 1.165) is 24.3 Å². The van der Waals surface area contributed by atoms with Crippen LogP contribution in [-0.2, 0) is 13.0 Å². The van der Waals surface area contributed by atoms with Crippen molar-refractivity contribution in [3.05, 3.63) is 29.6 Å². The lowest BCUT2D eigenvalue weighted by molar-refractivity contribution is 0.591. The van der Waals surface area contributed by atoms with Gasteiger partial charge >= 0.3 is 0 Å². The average molecular weight is 279 g/mol. The van der Waals surface area contributed by atoms with Gasteiger partial charge < -0.3 is 4.57 Å². The first kappa shape index (κ1) is 14.4. The van der Waals surface area contributed by atoms with E-state index >= 15 is 0 Å². The molecular formula is C16H23ClN2. The van der Waals surface area contributed by atoms with E-state index in [2.05, 4.69) is 36.6 Å². The molecule has 0 N–H and O–H groups in total. The summed E-state index contributed by atoms with van der Waals surface area (Å²) in [6.07, 6.45) is 4.72. The first-order valence-electron chi connectivity index (χ1n) is 7.30. The molecule has 0 aliphatic heterocycles. The fraction of sp³-hybridized carbons (Fsp3) is 0.562. The molecule has 0 fully saturated rings. The highest BCUT2D eigenvalue weighted by atomic mass is 35.5. The average Bonchev–Trinajstić information content (AvgIpc) is 2.77. The summed E-state index contributed by atoms with van der Waals surface area (Å²) in [7, 11) is 0. The van der Waals surface area contributed by atoms with Crippen LogP contribution in [0.3, 0.4) is 0 Å². The minimum atomic E-state index is -0.0425. The number of rotatable bonds is 6. The van der Waals surface area contributed by atoms with Gasteiger partial charge in [0.1, 0.15) is 5.82 Å². The molecule has 1 atom stereocenters. The summed E-state index contributed by atoms with van der Waals surface area (Å²) in [6.45, 7) is 7.41. The fourth-order valence-electron chi connectivity index (χ4n) is 2.47. The molecule has 0 amide bonds. The van der Waals surface area contributed by atoms with Crippen molar-refractivity contribution in [2.24, 2.45) is 0 Å². The second-order valence-electron chi connectivity index (χ2n) is 5.12. The molecule has 0 radical (unpaired) electrons. The van der Waals surface area contributed by atoms with Crippen molar-refractivity contribution in [1.29, 1.82) is 0 Å². The van der Waals surface area contributed by atoms with Crippen molar-refractivity contribution >= 4 is 22.6 Å². The lowest BCUT2D eigenvalue weighted by Gasteiger charge is -2.10. The number of fused-ring (bicyclic) bond motifs is 1. The van der Waals surface area contributed by atoms with E-state index in [9.17, 15) is 0 Å². The Bertz CT molecular complexity index is 543. The second-order valence-corrected chi connectivity index (χ2v) is 5.78. The Morgan fingerprint density at radius 2 is 2.05 bits per heavy atom. The number of aryl methyl sites for hydroxylation is 2. The molecule has 19 heavy (non-hydrogen) atoms. The highest BCUT2D eigenvalue weighted by Crippen LogP contribution is 2.26. The zero-order valence-electron chi connectivity index (χ0n) is 12.1. The minimum Gasteiger partial charge on any atom is -0.327 e. The van der Waals surface area contributed by atoms with Gasteiger partial charge in [-0.05, 0) is 37.5 Å². The monoisotopic (exact) mass is 278 g/mol. The zero-order valence-corrected chi connectivity index (χ0v) is 12.9. The number of hydrogen-bond acceptors (Lipinski definition) is 1. The van der Waals surface area contributed by atoms with E-state index in [4.69, 9.17) is 16.6 Å². The van der Waals surface area contributed by atoms with Gasteiger partial charge in [0, 0.05) is 6.54 Å². The Morgan fingerprint density at radius 1 is 1.26 bits per heavy atom. The number of hydrogen-bond donors (Lipinski definition) is 0. The maximum Gasteiger partial charge on any atom is 0.127 e. The SMILES string of the molecule is CCCCCn1c(C(C)Cl)nc2cc(CC)ccc21. The van der Waals surface area contributed by atoms with Crippen molar-refractivity contribution in [3.63, 3.8) is 0 Å². The summed E-state index contributed by atoms with van der Waals surface area (Å²) < 4.78 is 2.29. The van der Waals surface area contributed by atoms with Crippen LogP contribution in [-0.4, -0.2) is 9.55 Å². The van der Waals surface area contributed by atoms with Crippen molar-refractivity contribution in [1.82, 2.24) is 9.55 Å². The Labute approximate surface area is 120 Å². The Hall–Kier alpha value is -1.02. The third kappa shape index (κ3) is 3.11. The highest BCUT2D eigenvalue weighted by molar-refractivity contribution is 6.20. The number of nitrogens with zero attached hydrogens (tertiary/aromatic N) is 2. The maximum absolute atomic E-state index is 6.28. The molecule has 0 saturated carbocycles. The van der Waals surface area contributed by atoms with Gasteiger partial charge in [0.05, 0.1) is 16.4 Å². The van der Waals surface area contributed by atoms with E-state index in [0.29, 0.717) is 0 Å². The minimum absolute atomic E-state index is 0.0425. The smallest absolute Gasteiger partial charge is 0.127 e. The van der Waals surface area contributed by atoms with Gasteiger partial charge in [-0.25, -0.2) is 4.98 Å². The van der Waals surface area contributed by atoms with Crippen LogP contribution in [0.5, 0.6) is 0 Å². The third-order valence-electron chi connectivity index (χ3n) is 3.59. The molecule has 104 valence electrons. The van der Waals surface area contributed by atoms with Crippen molar-refractivity contribution in [2.75, 3.05) is 0 Å². The number of aromatic nitrogens is 2. The maximum atomic E-state index is 6.28. The molecular weight excluding hydrogens is 256 g/mol. The van der Waals surface area contributed by atoms with E-state index in [1.807, 2.05) is 6.92 Å². The van der Waals surface area contributed by atoms with Gasteiger partial charge in [0.15, 0.2) is 0 Å². The molecule has 1 aromatic carbocycles. The van der Waals surface area contributed by atoms with Crippen LogP contribution in [0.25, 0.3) is 11.0 Å². The summed E-state index contributed by atoms with van der Waals surface area (Å²) in [5.41, 5.74) is 3.63. The molecule has 2 rings (SSSR count). The first-order valence-corrected chi connectivity index (χ1v) is 7.74. The van der Waals surface area contributed by atoms with Gasteiger partial charge in [-0.2, -0.15) is 0 Å². The van der Waals surface area contributed by atoms with Crippen LogP contribution >= 0.6 is 11.6 Å². The van der Waals surface area contributed by atoms with Gasteiger partial charge in [-0.1, -0.05) is 32.8 Å². The Kier molecular flexibility index (Phi) is 4.87. The fourth-order valence-corrected chi connectivity index (χ4v) is 2.64. The first-order chi connectivity index (χ1) is 9.17. The van der Waals surface area contributed by atoms with E-state index in [-0.39, 0.29) is 5.38 Å². The van der Waals surface area contributed by atoms with Crippen LogP contribution in [0.4, 0.5) is 0 Å². The topological polar surface area (TPSA) is 17.8 Å². The second kappa shape index (κ2) is 6.42. The van der Waals surface area contributed by atoms with E-state index in [1.165, 1.54) is 30.3 Å². The van der Waals surface area contributed by atoms with Gasteiger partial charge in [-0.3, -0.25) is 0 Å².